The van der Waals surface area contributed by atoms with Gasteiger partial charge in [0.05, 0.1) is 4.90 Å². The Hall–Kier alpha value is -2.01. The van der Waals surface area contributed by atoms with Crippen molar-refractivity contribution in [2.45, 2.75) is 56.9 Å². The van der Waals surface area contributed by atoms with Gasteiger partial charge >= 0.3 is 5.76 Å². The van der Waals surface area contributed by atoms with Crippen LogP contribution in [0.2, 0.25) is 5.02 Å². The second kappa shape index (κ2) is 9.93. The third kappa shape index (κ3) is 5.30. The van der Waals surface area contributed by atoms with Crippen molar-refractivity contribution in [3.05, 3.63) is 79.9 Å². The summed E-state index contributed by atoms with van der Waals surface area (Å²) in [5, 5.41) is 6.86. The molecule has 0 aliphatic rings. The number of hydrogen-bond donors (Lipinski definition) is 2. The average molecular weight is 575 g/mol. The van der Waals surface area contributed by atoms with E-state index in [1.165, 1.54) is 18.2 Å². The molecule has 2 aromatic carbocycles. The molecule has 0 bridgehead atoms. The Balaban J connectivity index is 2.16. The first-order valence-electron chi connectivity index (χ1n) is 10.5. The predicted octanol–water partition coefficient (Wildman–Crippen LogP) is 5.27. The van der Waals surface area contributed by atoms with Crippen molar-refractivity contribution in [1.29, 1.82) is 0 Å². The van der Waals surface area contributed by atoms with Crippen LogP contribution in [0.3, 0.4) is 0 Å². The largest absolute Gasteiger partial charge is 0.434 e. The molecule has 11 heteroatoms. The van der Waals surface area contributed by atoms with Crippen LogP contribution in [0.25, 0.3) is 0 Å². The van der Waals surface area contributed by atoms with E-state index in [1.54, 1.807) is 26.0 Å². The highest BCUT2D eigenvalue weighted by Gasteiger charge is 2.36. The zero-order valence-electron chi connectivity index (χ0n) is 19.4. The number of aromatic amines is 1. The van der Waals surface area contributed by atoms with Gasteiger partial charge in [0.25, 0.3) is 0 Å². The summed E-state index contributed by atoms with van der Waals surface area (Å²) in [6.07, 6.45) is 0. The highest BCUT2D eigenvalue weighted by Crippen LogP contribution is 2.37. The lowest BCUT2D eigenvalue weighted by atomic mass is 9.87. The number of nitrogens with zero attached hydrogens (tertiary/aromatic N) is 1. The average Bonchev–Trinajstić information content (AvgIpc) is 3.20. The van der Waals surface area contributed by atoms with Crippen LogP contribution >= 0.6 is 27.5 Å². The molecular weight excluding hydrogens is 549 g/mol. The third-order valence-electron chi connectivity index (χ3n) is 5.98. The van der Waals surface area contributed by atoms with Crippen molar-refractivity contribution < 1.29 is 17.2 Å². The van der Waals surface area contributed by atoms with Crippen molar-refractivity contribution in [3.63, 3.8) is 0 Å². The zero-order chi connectivity index (χ0) is 25.4. The number of benzene rings is 2. The van der Waals surface area contributed by atoms with Crippen molar-refractivity contribution >= 4 is 37.6 Å². The number of aromatic nitrogens is 2. The number of sulfonamides is 1. The Morgan fingerprint density at radius 1 is 1.26 bits per heavy atom. The zero-order valence-corrected chi connectivity index (χ0v) is 22.5. The van der Waals surface area contributed by atoms with Gasteiger partial charge in [-0.25, -0.2) is 22.7 Å². The Labute approximate surface area is 211 Å². The van der Waals surface area contributed by atoms with Crippen molar-refractivity contribution in [1.82, 2.24) is 14.9 Å². The number of aryl methyl sites for hydroxylation is 1. The van der Waals surface area contributed by atoms with E-state index in [0.717, 1.165) is 5.56 Å². The van der Waals surface area contributed by atoms with Gasteiger partial charge in [-0.1, -0.05) is 54.4 Å². The molecule has 0 aliphatic heterocycles. The standard InChI is InChI=1S/C23H26BrClFN3O4S/c1-12-6-8-17(26)19(13(12)2)14(3)20(21-27-28-22(30)33-21)29-34(31,32)18-9-7-15(25)10-16(18)23(4,5)11-24/h6-10,14,20,29H,11H2,1-5H3,(H,28,30)/t14?,20-/m0/s1. The van der Waals surface area contributed by atoms with E-state index in [2.05, 4.69) is 30.8 Å². The summed E-state index contributed by atoms with van der Waals surface area (Å²) in [5.41, 5.74) is 1.73. The maximum atomic E-state index is 14.9. The minimum absolute atomic E-state index is 0.0119. The monoisotopic (exact) mass is 573 g/mol. The van der Waals surface area contributed by atoms with E-state index in [1.807, 2.05) is 20.8 Å². The molecule has 1 aromatic heterocycles. The summed E-state index contributed by atoms with van der Waals surface area (Å²) in [4.78, 5) is 11.7. The van der Waals surface area contributed by atoms with Gasteiger partial charge in [0, 0.05) is 21.7 Å². The fraction of sp³-hybridized carbons (Fsp3) is 0.391. The van der Waals surface area contributed by atoms with Gasteiger partial charge in [-0.05, 0) is 60.4 Å². The van der Waals surface area contributed by atoms with Crippen LogP contribution in [0.1, 0.15) is 60.9 Å². The van der Waals surface area contributed by atoms with Crippen LogP contribution < -0.4 is 10.5 Å². The van der Waals surface area contributed by atoms with Crippen molar-refractivity contribution in [3.8, 4) is 0 Å². The molecule has 0 saturated carbocycles. The van der Waals surface area contributed by atoms with Gasteiger partial charge in [0.15, 0.2) is 0 Å². The molecule has 0 aliphatic carbocycles. The fourth-order valence-electron chi connectivity index (χ4n) is 3.84. The van der Waals surface area contributed by atoms with Gasteiger partial charge in [0.2, 0.25) is 15.9 Å². The molecule has 0 fully saturated rings. The summed E-state index contributed by atoms with van der Waals surface area (Å²) >= 11 is 9.61. The molecule has 34 heavy (non-hydrogen) atoms. The highest BCUT2D eigenvalue weighted by molar-refractivity contribution is 9.09. The van der Waals surface area contributed by atoms with Gasteiger partial charge in [-0.15, -0.1) is 5.10 Å². The summed E-state index contributed by atoms with van der Waals surface area (Å²) in [6.45, 7) is 9.00. The maximum Gasteiger partial charge on any atom is 0.434 e. The molecule has 0 radical (unpaired) electrons. The Morgan fingerprint density at radius 2 is 1.94 bits per heavy atom. The van der Waals surface area contributed by atoms with Gasteiger partial charge in [-0.2, -0.15) is 4.72 Å². The van der Waals surface area contributed by atoms with E-state index in [0.29, 0.717) is 27.0 Å². The normalized spacial score (nSPS) is 14.2. The SMILES string of the molecule is Cc1ccc(F)c(C(C)[C@H](NS(=O)(=O)c2ccc(Cl)cc2C(C)(C)CBr)c2n[nH]c(=O)o2)c1C. The molecule has 1 heterocycles. The number of halogens is 3. The van der Waals surface area contributed by atoms with E-state index < -0.39 is 39.0 Å². The molecule has 2 atom stereocenters. The smallest absolute Gasteiger partial charge is 0.391 e. The van der Waals surface area contributed by atoms with Gasteiger partial charge in [-0.3, -0.25) is 0 Å². The Morgan fingerprint density at radius 3 is 2.53 bits per heavy atom. The van der Waals surface area contributed by atoms with Crippen LogP contribution in [-0.2, 0) is 15.4 Å². The molecule has 0 spiro atoms. The number of nitrogens with one attached hydrogen (secondary N) is 2. The van der Waals surface area contributed by atoms with Crippen LogP contribution in [0.15, 0.2) is 44.4 Å². The first-order valence-corrected chi connectivity index (χ1v) is 13.5. The number of rotatable bonds is 8. The van der Waals surface area contributed by atoms with Crippen LogP contribution in [0.4, 0.5) is 4.39 Å². The van der Waals surface area contributed by atoms with Crippen LogP contribution in [0.5, 0.6) is 0 Å². The topological polar surface area (TPSA) is 105 Å². The molecule has 3 aromatic rings. The highest BCUT2D eigenvalue weighted by atomic mass is 79.9. The molecule has 1 unspecified atom stereocenters. The molecule has 184 valence electrons. The lowest BCUT2D eigenvalue weighted by molar-refractivity contribution is 0.376. The first kappa shape index (κ1) is 26.6. The van der Waals surface area contributed by atoms with Crippen LogP contribution in [-0.4, -0.2) is 23.9 Å². The number of H-pyrrole nitrogens is 1. The fourth-order valence-corrected chi connectivity index (χ4v) is 5.95. The molecule has 2 N–H and O–H groups in total. The molecule has 0 amide bonds. The Kier molecular flexibility index (Phi) is 7.76. The van der Waals surface area contributed by atoms with Crippen molar-refractivity contribution in [2.75, 3.05) is 5.33 Å². The second-order valence-corrected chi connectivity index (χ2v) is 11.6. The van der Waals surface area contributed by atoms with Crippen molar-refractivity contribution in [2.24, 2.45) is 0 Å². The lowest BCUT2D eigenvalue weighted by Crippen LogP contribution is -2.34. The number of alkyl halides is 1. The van der Waals surface area contributed by atoms with Gasteiger partial charge < -0.3 is 4.42 Å². The molecule has 7 nitrogen and oxygen atoms in total. The lowest BCUT2D eigenvalue weighted by Gasteiger charge is -2.28. The quantitative estimate of drug-likeness (QED) is 0.357. The van der Waals surface area contributed by atoms with Crippen LogP contribution in [0, 0.1) is 19.7 Å². The summed E-state index contributed by atoms with van der Waals surface area (Å²) < 4.78 is 50.0. The van der Waals surface area contributed by atoms with Gasteiger partial charge in [0.1, 0.15) is 11.9 Å². The van der Waals surface area contributed by atoms with E-state index in [-0.39, 0.29) is 10.8 Å². The van der Waals surface area contributed by atoms with E-state index >= 15 is 0 Å². The predicted molar refractivity (Wildman–Crippen MR) is 133 cm³/mol. The summed E-state index contributed by atoms with van der Waals surface area (Å²) in [5.74, 6) is -2.30. The maximum absolute atomic E-state index is 14.9. The first-order chi connectivity index (χ1) is 15.8. The molecule has 0 saturated heterocycles. The Bertz CT molecular complexity index is 1370. The minimum Gasteiger partial charge on any atom is -0.391 e. The molecular formula is C23H26BrClFN3O4S. The third-order valence-corrected chi connectivity index (χ3v) is 9.12. The molecule has 3 rings (SSSR count). The summed E-state index contributed by atoms with van der Waals surface area (Å²) in [6, 6.07) is 6.32. The number of hydrogen-bond acceptors (Lipinski definition) is 5. The minimum atomic E-state index is -4.20. The second-order valence-electron chi connectivity index (χ2n) is 8.90. The summed E-state index contributed by atoms with van der Waals surface area (Å²) in [7, 11) is -4.20. The van der Waals surface area contributed by atoms with E-state index in [4.69, 9.17) is 16.0 Å². The van der Waals surface area contributed by atoms with E-state index in [9.17, 15) is 17.6 Å².